The van der Waals surface area contributed by atoms with Gasteiger partial charge < -0.3 is 14.2 Å². The summed E-state index contributed by atoms with van der Waals surface area (Å²) in [7, 11) is 0. The number of carbonyl (C=O) groups is 1. The second-order valence-electron chi connectivity index (χ2n) is 6.92. The lowest BCUT2D eigenvalue weighted by atomic mass is 9.96. The number of pyridine rings is 1. The first-order valence-electron chi connectivity index (χ1n) is 8.04. The van der Waals surface area contributed by atoms with Crippen molar-refractivity contribution in [2.75, 3.05) is 6.54 Å². The number of aryl methyl sites for hydroxylation is 1. The van der Waals surface area contributed by atoms with Crippen LogP contribution < -0.4 is 5.32 Å². The second-order valence-corrected chi connectivity index (χ2v) is 6.92. The Balaban J connectivity index is 1.79. The highest BCUT2D eigenvalue weighted by Crippen LogP contribution is 2.24. The number of imidazole rings is 1. The third kappa shape index (κ3) is 3.18. The summed E-state index contributed by atoms with van der Waals surface area (Å²) in [6.45, 7) is 8.60. The van der Waals surface area contributed by atoms with Crippen LogP contribution in [0, 0.1) is 6.92 Å². The van der Waals surface area contributed by atoms with E-state index in [9.17, 15) is 4.79 Å². The van der Waals surface area contributed by atoms with Crippen molar-refractivity contribution in [1.29, 1.82) is 0 Å². The lowest BCUT2D eigenvalue weighted by Gasteiger charge is -2.16. The number of fused-ring (bicyclic) bond motifs is 1. The van der Waals surface area contributed by atoms with Crippen LogP contribution in [0.3, 0.4) is 0 Å². The van der Waals surface area contributed by atoms with Crippen LogP contribution in [0.2, 0.25) is 0 Å². The molecule has 1 amide bonds. The molecule has 3 rings (SSSR count). The zero-order chi connectivity index (χ0) is 17.3. The van der Waals surface area contributed by atoms with Gasteiger partial charge in [-0.2, -0.15) is 0 Å². The van der Waals surface area contributed by atoms with Crippen LogP contribution in [0.5, 0.6) is 0 Å². The Bertz CT molecular complexity index is 871. The van der Waals surface area contributed by atoms with Gasteiger partial charge in [0.2, 0.25) is 0 Å². The minimum Gasteiger partial charge on any atom is -0.361 e. The normalized spacial score (nSPS) is 11.8. The van der Waals surface area contributed by atoms with Crippen molar-refractivity contribution in [2.24, 2.45) is 0 Å². The molecule has 0 aliphatic heterocycles. The van der Waals surface area contributed by atoms with Crippen LogP contribution in [0.25, 0.3) is 5.52 Å². The van der Waals surface area contributed by atoms with Crippen molar-refractivity contribution >= 4 is 11.4 Å². The van der Waals surface area contributed by atoms with Gasteiger partial charge in [0.25, 0.3) is 5.91 Å². The number of amides is 1. The number of aromatic nitrogens is 3. The Morgan fingerprint density at radius 2 is 2.12 bits per heavy atom. The fourth-order valence-corrected chi connectivity index (χ4v) is 2.66. The lowest BCUT2D eigenvalue weighted by molar-refractivity contribution is 0.0951. The molecular formula is C18H22N4O2. The number of nitrogens with one attached hydrogen (secondary N) is 1. The zero-order valence-electron chi connectivity index (χ0n) is 14.5. The Morgan fingerprint density at radius 3 is 2.79 bits per heavy atom. The van der Waals surface area contributed by atoms with Gasteiger partial charge in [-0.3, -0.25) is 4.79 Å². The van der Waals surface area contributed by atoms with E-state index < -0.39 is 0 Å². The predicted octanol–water partition coefficient (Wildman–Crippen LogP) is 2.90. The molecule has 6 heteroatoms. The second kappa shape index (κ2) is 6.11. The van der Waals surface area contributed by atoms with Crippen LogP contribution >= 0.6 is 0 Å². The van der Waals surface area contributed by atoms with Crippen LogP contribution in [0.1, 0.15) is 48.5 Å². The van der Waals surface area contributed by atoms with Gasteiger partial charge in [0.1, 0.15) is 11.6 Å². The van der Waals surface area contributed by atoms with E-state index in [1.165, 1.54) is 0 Å². The average molecular weight is 326 g/mol. The molecule has 3 aromatic heterocycles. The van der Waals surface area contributed by atoms with E-state index in [2.05, 4.69) is 36.2 Å². The Kier molecular flexibility index (Phi) is 4.13. The van der Waals surface area contributed by atoms with Gasteiger partial charge in [0, 0.05) is 30.6 Å². The maximum atomic E-state index is 12.6. The van der Waals surface area contributed by atoms with Gasteiger partial charge in [0.15, 0.2) is 5.69 Å². The third-order valence-electron chi connectivity index (χ3n) is 3.78. The molecular weight excluding hydrogens is 304 g/mol. The predicted molar refractivity (Wildman–Crippen MR) is 91.2 cm³/mol. The highest BCUT2D eigenvalue weighted by Gasteiger charge is 2.24. The van der Waals surface area contributed by atoms with Crippen molar-refractivity contribution in [1.82, 2.24) is 19.9 Å². The van der Waals surface area contributed by atoms with Crippen LogP contribution in [0.4, 0.5) is 0 Å². The molecule has 126 valence electrons. The van der Waals surface area contributed by atoms with E-state index >= 15 is 0 Å². The molecule has 0 saturated carbocycles. The third-order valence-corrected chi connectivity index (χ3v) is 3.78. The molecule has 0 bridgehead atoms. The van der Waals surface area contributed by atoms with Gasteiger partial charge in [0.05, 0.1) is 11.2 Å². The average Bonchev–Trinajstić information content (AvgIpc) is 3.10. The van der Waals surface area contributed by atoms with E-state index in [4.69, 9.17) is 4.52 Å². The molecule has 0 aliphatic rings. The number of rotatable bonds is 4. The summed E-state index contributed by atoms with van der Waals surface area (Å²) in [4.78, 5) is 17.2. The summed E-state index contributed by atoms with van der Waals surface area (Å²) >= 11 is 0. The van der Waals surface area contributed by atoms with Crippen LogP contribution in [-0.4, -0.2) is 27.0 Å². The molecule has 3 heterocycles. The minimum absolute atomic E-state index is 0.152. The molecule has 0 spiro atoms. The van der Waals surface area contributed by atoms with Crippen molar-refractivity contribution < 1.29 is 9.32 Å². The molecule has 24 heavy (non-hydrogen) atoms. The molecule has 3 aromatic rings. The fourth-order valence-electron chi connectivity index (χ4n) is 2.66. The maximum absolute atomic E-state index is 12.6. The molecule has 0 saturated heterocycles. The van der Waals surface area contributed by atoms with Gasteiger partial charge in [-0.15, -0.1) is 0 Å². The molecule has 1 N–H and O–H groups in total. The van der Waals surface area contributed by atoms with E-state index in [0.717, 1.165) is 22.8 Å². The largest absolute Gasteiger partial charge is 0.361 e. The van der Waals surface area contributed by atoms with Crippen LogP contribution in [-0.2, 0) is 11.8 Å². The minimum atomic E-state index is -0.172. The standard InChI is InChI=1S/C18H22N4O2/c1-12-11-13(21-24-12)8-9-19-16(23)15-14-7-5-6-10-22(14)17(20-15)18(2,3)4/h5-7,10-11H,8-9H2,1-4H3,(H,19,23). The van der Waals surface area contributed by atoms with Crippen molar-refractivity contribution in [3.63, 3.8) is 0 Å². The first-order valence-corrected chi connectivity index (χ1v) is 8.04. The monoisotopic (exact) mass is 326 g/mol. The number of carbonyl (C=O) groups excluding carboxylic acids is 1. The number of hydrogen-bond donors (Lipinski definition) is 1. The topological polar surface area (TPSA) is 72.4 Å². The van der Waals surface area contributed by atoms with Crippen molar-refractivity contribution in [2.45, 2.75) is 39.5 Å². The van der Waals surface area contributed by atoms with Crippen molar-refractivity contribution in [3.8, 4) is 0 Å². The Labute approximate surface area is 140 Å². The molecule has 6 nitrogen and oxygen atoms in total. The zero-order valence-corrected chi connectivity index (χ0v) is 14.5. The molecule has 0 aliphatic carbocycles. The summed E-state index contributed by atoms with van der Waals surface area (Å²) in [6.07, 6.45) is 2.57. The smallest absolute Gasteiger partial charge is 0.272 e. The van der Waals surface area contributed by atoms with E-state index in [0.29, 0.717) is 18.7 Å². The summed E-state index contributed by atoms with van der Waals surface area (Å²) in [6, 6.07) is 7.64. The molecule has 0 atom stereocenters. The summed E-state index contributed by atoms with van der Waals surface area (Å²) in [5.41, 5.74) is 1.95. The Morgan fingerprint density at radius 1 is 1.33 bits per heavy atom. The Hall–Kier alpha value is -2.63. The first kappa shape index (κ1) is 16.2. The summed E-state index contributed by atoms with van der Waals surface area (Å²) in [5, 5.41) is 6.84. The molecule has 0 aromatic carbocycles. The van der Waals surface area contributed by atoms with Gasteiger partial charge in [-0.05, 0) is 19.1 Å². The molecule has 0 fully saturated rings. The van der Waals surface area contributed by atoms with E-state index in [1.54, 1.807) is 0 Å². The fraction of sp³-hybridized carbons (Fsp3) is 0.389. The number of nitrogens with zero attached hydrogens (tertiary/aromatic N) is 3. The SMILES string of the molecule is Cc1cc(CCNC(=O)c2nc(C(C)(C)C)n3ccccc23)no1. The molecule has 0 radical (unpaired) electrons. The van der Waals surface area contributed by atoms with E-state index in [1.807, 2.05) is 41.8 Å². The maximum Gasteiger partial charge on any atom is 0.272 e. The number of hydrogen-bond acceptors (Lipinski definition) is 4. The van der Waals surface area contributed by atoms with Gasteiger partial charge in [-0.25, -0.2) is 4.98 Å². The lowest BCUT2D eigenvalue weighted by Crippen LogP contribution is -2.26. The highest BCUT2D eigenvalue weighted by molar-refractivity contribution is 5.99. The molecule has 0 unspecified atom stereocenters. The van der Waals surface area contributed by atoms with Crippen molar-refractivity contribution in [3.05, 3.63) is 53.4 Å². The van der Waals surface area contributed by atoms with Crippen LogP contribution in [0.15, 0.2) is 35.0 Å². The highest BCUT2D eigenvalue weighted by atomic mass is 16.5. The van der Waals surface area contributed by atoms with E-state index in [-0.39, 0.29) is 11.3 Å². The van der Waals surface area contributed by atoms with Gasteiger partial charge >= 0.3 is 0 Å². The summed E-state index contributed by atoms with van der Waals surface area (Å²) < 4.78 is 7.01. The quantitative estimate of drug-likeness (QED) is 0.800. The first-order chi connectivity index (χ1) is 11.4. The van der Waals surface area contributed by atoms with Gasteiger partial charge in [-0.1, -0.05) is 32.0 Å². The summed E-state index contributed by atoms with van der Waals surface area (Å²) in [5.74, 6) is 1.47.